The lowest BCUT2D eigenvalue weighted by Gasteiger charge is -2.16. The molecule has 0 amide bonds. The maximum absolute atomic E-state index is 5.98. The van der Waals surface area contributed by atoms with Crippen molar-refractivity contribution in [2.24, 2.45) is 0 Å². The summed E-state index contributed by atoms with van der Waals surface area (Å²) in [4.78, 5) is 10.8. The molecule has 21 heavy (non-hydrogen) atoms. The maximum atomic E-state index is 5.98. The van der Waals surface area contributed by atoms with E-state index in [-0.39, 0.29) is 0 Å². The quantitative estimate of drug-likeness (QED) is 0.764. The molecule has 0 N–H and O–H groups in total. The summed E-state index contributed by atoms with van der Waals surface area (Å²) < 4.78 is 5.98. The van der Waals surface area contributed by atoms with Gasteiger partial charge in [-0.05, 0) is 30.9 Å². The first-order chi connectivity index (χ1) is 10.4. The molecule has 1 aliphatic rings. The van der Waals surface area contributed by atoms with Crippen molar-refractivity contribution in [3.8, 4) is 0 Å². The zero-order valence-electron chi connectivity index (χ0n) is 12.2. The number of hydrogen-bond donors (Lipinski definition) is 0. The Bertz CT molecular complexity index is 532. The largest absolute Gasteiger partial charge is 0.376 e. The van der Waals surface area contributed by atoms with Crippen molar-refractivity contribution in [1.82, 2.24) is 9.97 Å². The summed E-state index contributed by atoms with van der Waals surface area (Å²) in [5.41, 5.74) is 1.38. The molecule has 1 aromatic carbocycles. The lowest BCUT2D eigenvalue weighted by Crippen LogP contribution is -2.24. The van der Waals surface area contributed by atoms with Gasteiger partial charge in [0.05, 0.1) is 6.10 Å². The van der Waals surface area contributed by atoms with Crippen molar-refractivity contribution in [2.45, 2.75) is 25.4 Å². The van der Waals surface area contributed by atoms with E-state index in [0.29, 0.717) is 6.10 Å². The molecular weight excluding hydrogens is 262 g/mol. The third-order valence-electron chi connectivity index (χ3n) is 3.79. The van der Waals surface area contributed by atoms with Gasteiger partial charge in [0.1, 0.15) is 0 Å². The van der Waals surface area contributed by atoms with Crippen molar-refractivity contribution in [1.29, 1.82) is 0 Å². The maximum Gasteiger partial charge on any atom is 0.225 e. The van der Waals surface area contributed by atoms with Crippen molar-refractivity contribution in [3.05, 3.63) is 54.4 Å². The van der Waals surface area contributed by atoms with E-state index in [1.165, 1.54) is 5.56 Å². The Morgan fingerprint density at radius 1 is 1.10 bits per heavy atom. The van der Waals surface area contributed by atoms with Gasteiger partial charge in [0.15, 0.2) is 0 Å². The van der Waals surface area contributed by atoms with Crippen molar-refractivity contribution >= 4 is 5.95 Å². The first kappa shape index (κ1) is 14.0. The van der Waals surface area contributed by atoms with Gasteiger partial charge in [-0.1, -0.05) is 30.3 Å². The van der Waals surface area contributed by atoms with Crippen molar-refractivity contribution < 1.29 is 4.74 Å². The van der Waals surface area contributed by atoms with Gasteiger partial charge in [0.25, 0.3) is 0 Å². The number of nitrogens with zero attached hydrogens (tertiary/aromatic N) is 3. The minimum absolute atomic E-state index is 0.310. The van der Waals surface area contributed by atoms with Gasteiger partial charge in [-0.25, -0.2) is 9.97 Å². The predicted octanol–water partition coefficient (Wildman–Crippen LogP) is 2.70. The molecule has 4 heteroatoms. The molecule has 2 aromatic rings. The SMILES string of the molecule is c1ccc(CCCO[C@H]2CCN(c3ncccn3)C2)cc1. The molecule has 1 aliphatic heterocycles. The molecule has 0 bridgehead atoms. The first-order valence-electron chi connectivity index (χ1n) is 7.59. The van der Waals surface area contributed by atoms with Gasteiger partial charge in [-0.3, -0.25) is 0 Å². The highest BCUT2D eigenvalue weighted by molar-refractivity contribution is 5.30. The fourth-order valence-electron chi connectivity index (χ4n) is 2.67. The van der Waals surface area contributed by atoms with Crippen molar-refractivity contribution in [3.63, 3.8) is 0 Å². The van der Waals surface area contributed by atoms with Gasteiger partial charge < -0.3 is 9.64 Å². The van der Waals surface area contributed by atoms with E-state index in [1.807, 2.05) is 6.07 Å². The third kappa shape index (κ3) is 4.02. The van der Waals surface area contributed by atoms with Crippen LogP contribution in [0, 0.1) is 0 Å². The Kier molecular flexibility index (Phi) is 4.79. The number of aryl methyl sites for hydroxylation is 1. The molecule has 0 radical (unpaired) electrons. The summed E-state index contributed by atoms with van der Waals surface area (Å²) in [6, 6.07) is 12.4. The van der Waals surface area contributed by atoms with Crippen LogP contribution in [-0.4, -0.2) is 35.8 Å². The smallest absolute Gasteiger partial charge is 0.225 e. The Balaban J connectivity index is 1.38. The Morgan fingerprint density at radius 2 is 1.90 bits per heavy atom. The second kappa shape index (κ2) is 7.18. The third-order valence-corrected chi connectivity index (χ3v) is 3.79. The van der Waals surface area contributed by atoms with Gasteiger partial charge in [-0.2, -0.15) is 0 Å². The molecule has 1 aromatic heterocycles. The van der Waals surface area contributed by atoms with Crippen LogP contribution < -0.4 is 4.90 Å². The molecule has 3 rings (SSSR count). The normalized spacial score (nSPS) is 18.1. The topological polar surface area (TPSA) is 38.2 Å². The molecular formula is C17H21N3O. The Morgan fingerprint density at radius 3 is 2.71 bits per heavy atom. The zero-order valence-corrected chi connectivity index (χ0v) is 12.2. The van der Waals surface area contributed by atoms with E-state index in [0.717, 1.165) is 44.9 Å². The number of anilines is 1. The van der Waals surface area contributed by atoms with Crippen LogP contribution in [0.5, 0.6) is 0 Å². The molecule has 0 unspecified atom stereocenters. The lowest BCUT2D eigenvalue weighted by atomic mass is 10.1. The van der Waals surface area contributed by atoms with Crippen LogP contribution >= 0.6 is 0 Å². The summed E-state index contributed by atoms with van der Waals surface area (Å²) >= 11 is 0. The number of hydrogen-bond acceptors (Lipinski definition) is 4. The van der Waals surface area contributed by atoms with E-state index in [9.17, 15) is 0 Å². The van der Waals surface area contributed by atoms with Crippen molar-refractivity contribution in [2.75, 3.05) is 24.6 Å². The molecule has 0 saturated carbocycles. The monoisotopic (exact) mass is 283 g/mol. The fraction of sp³-hybridized carbons (Fsp3) is 0.412. The highest BCUT2D eigenvalue weighted by atomic mass is 16.5. The van der Waals surface area contributed by atoms with Gasteiger partial charge in [0.2, 0.25) is 5.95 Å². The van der Waals surface area contributed by atoms with E-state index >= 15 is 0 Å². The van der Waals surface area contributed by atoms with E-state index < -0.39 is 0 Å². The number of rotatable bonds is 6. The molecule has 0 spiro atoms. The molecule has 2 heterocycles. The summed E-state index contributed by atoms with van der Waals surface area (Å²) in [6.45, 7) is 2.70. The molecule has 0 aliphatic carbocycles. The first-order valence-corrected chi connectivity index (χ1v) is 7.59. The van der Waals surface area contributed by atoms with Crippen LogP contribution in [0.1, 0.15) is 18.4 Å². The van der Waals surface area contributed by atoms with Gasteiger partial charge in [0, 0.05) is 32.1 Å². The average molecular weight is 283 g/mol. The molecule has 4 nitrogen and oxygen atoms in total. The highest BCUT2D eigenvalue weighted by Crippen LogP contribution is 2.17. The van der Waals surface area contributed by atoms with Crippen LogP contribution in [0.3, 0.4) is 0 Å². The second-order valence-corrected chi connectivity index (χ2v) is 5.37. The van der Waals surface area contributed by atoms with E-state index in [2.05, 4.69) is 45.2 Å². The number of aromatic nitrogens is 2. The molecule has 110 valence electrons. The summed E-state index contributed by atoms with van der Waals surface area (Å²) in [5, 5.41) is 0. The van der Waals surface area contributed by atoms with E-state index in [4.69, 9.17) is 4.74 Å². The van der Waals surface area contributed by atoms with E-state index in [1.54, 1.807) is 12.4 Å². The minimum atomic E-state index is 0.310. The van der Waals surface area contributed by atoms with Crippen LogP contribution in [0.15, 0.2) is 48.8 Å². The Hall–Kier alpha value is -1.94. The fourth-order valence-corrected chi connectivity index (χ4v) is 2.67. The summed E-state index contributed by atoms with van der Waals surface area (Å²) in [5.74, 6) is 0.813. The van der Waals surface area contributed by atoms with Gasteiger partial charge in [-0.15, -0.1) is 0 Å². The molecule has 1 atom stereocenters. The summed E-state index contributed by atoms with van der Waals surface area (Å²) in [6.07, 6.45) is 7.10. The Labute approximate surface area is 125 Å². The van der Waals surface area contributed by atoms with Gasteiger partial charge >= 0.3 is 0 Å². The van der Waals surface area contributed by atoms with Crippen LogP contribution in [0.4, 0.5) is 5.95 Å². The van der Waals surface area contributed by atoms with Crippen LogP contribution in [0.2, 0.25) is 0 Å². The minimum Gasteiger partial charge on any atom is -0.376 e. The lowest BCUT2D eigenvalue weighted by molar-refractivity contribution is 0.0666. The van der Waals surface area contributed by atoms with Crippen LogP contribution in [-0.2, 0) is 11.2 Å². The molecule has 1 saturated heterocycles. The second-order valence-electron chi connectivity index (χ2n) is 5.37. The number of ether oxygens (including phenoxy) is 1. The predicted molar refractivity (Wildman–Crippen MR) is 83.4 cm³/mol. The average Bonchev–Trinajstić information content (AvgIpc) is 3.02. The standard InChI is InChI=1S/C17H21N3O/c1-2-6-15(7-3-1)8-4-13-21-16-9-12-20(14-16)17-18-10-5-11-19-17/h1-3,5-7,10-11,16H,4,8-9,12-14H2/t16-/m0/s1. The highest BCUT2D eigenvalue weighted by Gasteiger charge is 2.24. The number of benzene rings is 1. The molecule has 1 fully saturated rings. The van der Waals surface area contributed by atoms with Crippen LogP contribution in [0.25, 0.3) is 0 Å². The zero-order chi connectivity index (χ0) is 14.3. The summed E-state index contributed by atoms with van der Waals surface area (Å²) in [7, 11) is 0.